The number of hydrogen-bond acceptors (Lipinski definition) is 2. The molecule has 2 heteroatoms. The van der Waals surface area contributed by atoms with E-state index in [4.69, 9.17) is 4.74 Å². The van der Waals surface area contributed by atoms with Gasteiger partial charge in [-0.1, -0.05) is 49.1 Å². The average molecular weight is 262 g/mol. The largest absolute Gasteiger partial charge is 0.386 e. The second-order valence-corrected chi connectivity index (χ2v) is 5.67. The average Bonchev–Trinajstić information content (AvgIpc) is 2.46. The van der Waals surface area contributed by atoms with Crippen molar-refractivity contribution >= 4 is 0 Å². The fraction of sp³-hybridized carbons (Fsp3) is 0.647. The molecule has 2 atom stereocenters. The molecule has 0 radical (unpaired) electrons. The highest BCUT2D eigenvalue weighted by molar-refractivity contribution is 5.24. The van der Waals surface area contributed by atoms with E-state index in [9.17, 15) is 5.11 Å². The van der Waals surface area contributed by atoms with Crippen molar-refractivity contribution in [2.24, 2.45) is 5.92 Å². The van der Waals surface area contributed by atoms with Crippen molar-refractivity contribution in [3.63, 3.8) is 0 Å². The number of aliphatic hydroxyl groups excluding tert-OH is 1. The van der Waals surface area contributed by atoms with Crippen LogP contribution in [-0.2, 0) is 4.74 Å². The molecule has 2 nitrogen and oxygen atoms in total. The summed E-state index contributed by atoms with van der Waals surface area (Å²) in [6.07, 6.45) is 5.71. The van der Waals surface area contributed by atoms with Crippen molar-refractivity contribution in [1.82, 2.24) is 0 Å². The molecule has 2 unspecified atom stereocenters. The van der Waals surface area contributed by atoms with Crippen molar-refractivity contribution in [3.05, 3.63) is 35.4 Å². The van der Waals surface area contributed by atoms with Gasteiger partial charge in [0.25, 0.3) is 0 Å². The summed E-state index contributed by atoms with van der Waals surface area (Å²) in [4.78, 5) is 0. The first-order chi connectivity index (χ1) is 9.22. The number of ether oxygens (including phenoxy) is 1. The second-order valence-electron chi connectivity index (χ2n) is 5.67. The van der Waals surface area contributed by atoms with Crippen molar-refractivity contribution in [3.8, 4) is 0 Å². The molecule has 0 aliphatic heterocycles. The number of rotatable bonds is 5. The highest BCUT2D eigenvalue weighted by atomic mass is 16.5. The van der Waals surface area contributed by atoms with Crippen LogP contribution in [0.2, 0.25) is 0 Å². The Labute approximate surface area is 116 Å². The van der Waals surface area contributed by atoms with Gasteiger partial charge >= 0.3 is 0 Å². The van der Waals surface area contributed by atoms with Crippen LogP contribution >= 0.6 is 0 Å². The zero-order valence-electron chi connectivity index (χ0n) is 12.1. The first-order valence-corrected chi connectivity index (χ1v) is 7.58. The Morgan fingerprint density at radius 3 is 2.37 bits per heavy atom. The molecule has 0 saturated heterocycles. The van der Waals surface area contributed by atoms with Crippen LogP contribution < -0.4 is 0 Å². The third-order valence-corrected chi connectivity index (χ3v) is 4.20. The third kappa shape index (κ3) is 3.80. The lowest BCUT2D eigenvalue weighted by molar-refractivity contribution is -0.0739. The molecule has 106 valence electrons. The molecule has 0 aromatic heterocycles. The maximum atomic E-state index is 10.6. The third-order valence-electron chi connectivity index (χ3n) is 4.20. The predicted molar refractivity (Wildman–Crippen MR) is 78.1 cm³/mol. The maximum absolute atomic E-state index is 10.6. The molecule has 0 amide bonds. The molecule has 1 N–H and O–H groups in total. The molecule has 1 aliphatic rings. The fourth-order valence-corrected chi connectivity index (χ4v) is 3.09. The Hall–Kier alpha value is -0.860. The molecular weight excluding hydrogens is 236 g/mol. The summed E-state index contributed by atoms with van der Waals surface area (Å²) >= 11 is 0. The van der Waals surface area contributed by atoms with Crippen molar-refractivity contribution in [2.45, 2.75) is 58.2 Å². The smallest absolute Gasteiger partial charge is 0.105 e. The highest BCUT2D eigenvalue weighted by Gasteiger charge is 2.30. The minimum absolute atomic E-state index is 0.0481. The minimum atomic E-state index is -0.497. The van der Waals surface area contributed by atoms with Gasteiger partial charge < -0.3 is 9.84 Å². The van der Waals surface area contributed by atoms with Gasteiger partial charge in [-0.2, -0.15) is 0 Å². The van der Waals surface area contributed by atoms with Crippen LogP contribution in [0.25, 0.3) is 0 Å². The van der Waals surface area contributed by atoms with Crippen molar-refractivity contribution < 1.29 is 9.84 Å². The van der Waals surface area contributed by atoms with Gasteiger partial charge in [0.15, 0.2) is 0 Å². The number of benzene rings is 1. The minimum Gasteiger partial charge on any atom is -0.386 e. The van der Waals surface area contributed by atoms with Gasteiger partial charge in [-0.3, -0.25) is 0 Å². The topological polar surface area (TPSA) is 29.5 Å². The molecule has 0 spiro atoms. The monoisotopic (exact) mass is 262 g/mol. The van der Waals surface area contributed by atoms with Crippen LogP contribution in [0.3, 0.4) is 0 Å². The van der Waals surface area contributed by atoms with E-state index < -0.39 is 6.10 Å². The molecule has 0 heterocycles. The highest BCUT2D eigenvalue weighted by Crippen LogP contribution is 2.34. The van der Waals surface area contributed by atoms with Crippen molar-refractivity contribution in [2.75, 3.05) is 6.61 Å². The molecular formula is C17H26O2. The fourth-order valence-electron chi connectivity index (χ4n) is 3.09. The summed E-state index contributed by atoms with van der Waals surface area (Å²) < 4.78 is 5.88. The summed E-state index contributed by atoms with van der Waals surface area (Å²) in [6, 6.07) is 8.16. The van der Waals surface area contributed by atoms with Gasteiger partial charge in [-0.25, -0.2) is 0 Å². The van der Waals surface area contributed by atoms with Gasteiger partial charge in [0, 0.05) is 6.61 Å². The second kappa shape index (κ2) is 7.06. The Kier molecular flexibility index (Phi) is 5.41. The summed E-state index contributed by atoms with van der Waals surface area (Å²) in [7, 11) is 0. The molecule has 19 heavy (non-hydrogen) atoms. The SMILES string of the molecule is CCOC(C1CCCCC1)C(O)c1ccc(C)cc1. The summed E-state index contributed by atoms with van der Waals surface area (Å²) in [6.45, 7) is 4.75. The summed E-state index contributed by atoms with van der Waals surface area (Å²) in [5, 5.41) is 10.6. The molecule has 1 aromatic carbocycles. The number of aliphatic hydroxyl groups is 1. The van der Waals surface area contributed by atoms with E-state index in [2.05, 4.69) is 19.1 Å². The van der Waals surface area contributed by atoms with Crippen LogP contribution in [0.5, 0.6) is 0 Å². The number of aryl methyl sites for hydroxylation is 1. The standard InChI is InChI=1S/C17H26O2/c1-3-19-17(15-7-5-4-6-8-15)16(18)14-11-9-13(2)10-12-14/h9-12,15-18H,3-8H2,1-2H3. The van der Waals surface area contributed by atoms with Crippen LogP contribution in [0, 0.1) is 12.8 Å². The van der Waals surface area contributed by atoms with E-state index in [-0.39, 0.29) is 6.10 Å². The van der Waals surface area contributed by atoms with E-state index in [0.717, 1.165) is 5.56 Å². The number of hydrogen-bond donors (Lipinski definition) is 1. The lowest BCUT2D eigenvalue weighted by Gasteiger charge is -2.33. The van der Waals surface area contributed by atoms with Gasteiger partial charge in [0.1, 0.15) is 6.10 Å². The summed E-state index contributed by atoms with van der Waals surface area (Å²) in [5.41, 5.74) is 2.20. The lowest BCUT2D eigenvalue weighted by atomic mass is 9.82. The molecule has 2 rings (SSSR count). The Morgan fingerprint density at radius 2 is 1.79 bits per heavy atom. The Bertz CT molecular complexity index is 365. The van der Waals surface area contributed by atoms with Gasteiger partial charge in [-0.05, 0) is 38.2 Å². The van der Waals surface area contributed by atoms with Crippen LogP contribution in [-0.4, -0.2) is 17.8 Å². The maximum Gasteiger partial charge on any atom is 0.105 e. The Morgan fingerprint density at radius 1 is 1.16 bits per heavy atom. The molecule has 1 fully saturated rings. The van der Waals surface area contributed by atoms with Crippen molar-refractivity contribution in [1.29, 1.82) is 0 Å². The lowest BCUT2D eigenvalue weighted by Crippen LogP contribution is -2.32. The van der Waals surface area contributed by atoms with Gasteiger partial charge in [-0.15, -0.1) is 0 Å². The van der Waals surface area contributed by atoms with Crippen LogP contribution in [0.15, 0.2) is 24.3 Å². The van der Waals surface area contributed by atoms with E-state index >= 15 is 0 Å². The first kappa shape index (κ1) is 14.5. The molecule has 1 aromatic rings. The molecule has 1 saturated carbocycles. The first-order valence-electron chi connectivity index (χ1n) is 7.58. The summed E-state index contributed by atoms with van der Waals surface area (Å²) in [5.74, 6) is 0.505. The molecule has 0 bridgehead atoms. The van der Waals surface area contributed by atoms with Gasteiger partial charge in [0.05, 0.1) is 6.10 Å². The van der Waals surface area contributed by atoms with E-state index in [1.807, 2.05) is 19.1 Å². The predicted octanol–water partition coefficient (Wildman–Crippen LogP) is 4.01. The van der Waals surface area contributed by atoms with Crippen LogP contribution in [0.4, 0.5) is 0 Å². The Balaban J connectivity index is 2.10. The zero-order valence-corrected chi connectivity index (χ0v) is 12.1. The normalized spacial score (nSPS) is 20.2. The quantitative estimate of drug-likeness (QED) is 0.868. The van der Waals surface area contributed by atoms with Gasteiger partial charge in [0.2, 0.25) is 0 Å². The van der Waals surface area contributed by atoms with E-state index in [1.165, 1.54) is 37.7 Å². The van der Waals surface area contributed by atoms with Crippen LogP contribution in [0.1, 0.15) is 56.3 Å². The van der Waals surface area contributed by atoms with E-state index in [1.54, 1.807) is 0 Å². The van der Waals surface area contributed by atoms with E-state index in [0.29, 0.717) is 12.5 Å². The zero-order chi connectivity index (χ0) is 13.7. The molecule has 1 aliphatic carbocycles.